The van der Waals surface area contributed by atoms with E-state index in [4.69, 9.17) is 10.5 Å². The number of nitrogens with one attached hydrogen (secondary N) is 2. The van der Waals surface area contributed by atoms with Gasteiger partial charge in [-0.05, 0) is 19.2 Å². The molecule has 1 aliphatic heterocycles. The predicted molar refractivity (Wildman–Crippen MR) is 82.5 cm³/mol. The third-order valence-electron chi connectivity index (χ3n) is 3.21. The molecule has 5 N–H and O–H groups in total. The molecule has 1 amide bonds. The van der Waals surface area contributed by atoms with E-state index < -0.39 is 0 Å². The largest absolute Gasteiger partial charge is 0.482 e. The molecule has 0 spiro atoms. The van der Waals surface area contributed by atoms with Crippen LogP contribution in [0.15, 0.2) is 12.1 Å². The molecule has 0 aromatic heterocycles. The molecule has 2 unspecified atom stereocenters. The number of anilines is 3. The number of rotatable bonds is 5. The van der Waals surface area contributed by atoms with Crippen molar-refractivity contribution in [1.29, 1.82) is 0 Å². The number of amides is 1. The number of carbonyl (C=O) groups excluding carboxylic acids is 1. The zero-order chi connectivity index (χ0) is 14.7. The summed E-state index contributed by atoms with van der Waals surface area (Å²) >= 11 is 1.58. The number of aliphatic hydroxyl groups is 1. The highest BCUT2D eigenvalue weighted by Gasteiger charge is 2.20. The Balaban J connectivity index is 2.20. The Labute approximate surface area is 122 Å². The lowest BCUT2D eigenvalue weighted by molar-refractivity contribution is -0.118. The molecule has 6 nitrogen and oxygen atoms in total. The average Bonchev–Trinajstić information content (AvgIpc) is 2.41. The molecule has 7 heteroatoms. The fraction of sp³-hybridized carbons (Fsp3) is 0.462. The number of fused-ring (bicyclic) bond motifs is 1. The van der Waals surface area contributed by atoms with Crippen molar-refractivity contribution in [3.63, 3.8) is 0 Å². The smallest absolute Gasteiger partial charge is 0.262 e. The van der Waals surface area contributed by atoms with Crippen LogP contribution in [0.4, 0.5) is 17.1 Å². The van der Waals surface area contributed by atoms with E-state index >= 15 is 0 Å². The van der Waals surface area contributed by atoms with Crippen LogP contribution in [0.5, 0.6) is 5.75 Å². The van der Waals surface area contributed by atoms with Gasteiger partial charge in [-0.3, -0.25) is 4.79 Å². The van der Waals surface area contributed by atoms with Crippen LogP contribution in [0.3, 0.4) is 0 Å². The van der Waals surface area contributed by atoms with E-state index in [0.717, 1.165) is 5.69 Å². The van der Waals surface area contributed by atoms with Crippen LogP contribution >= 0.6 is 11.8 Å². The lowest BCUT2D eigenvalue weighted by atomic mass is 10.1. The maximum Gasteiger partial charge on any atom is 0.262 e. The summed E-state index contributed by atoms with van der Waals surface area (Å²) in [6, 6.07) is 3.49. The Morgan fingerprint density at radius 2 is 2.35 bits per heavy atom. The van der Waals surface area contributed by atoms with Gasteiger partial charge < -0.3 is 26.2 Å². The number of carbonyl (C=O) groups is 1. The number of hydrogen-bond acceptors (Lipinski definition) is 6. The van der Waals surface area contributed by atoms with E-state index in [0.29, 0.717) is 17.1 Å². The standard InChI is InChI=1S/C13H19N3O3S/c1-7(12(5-17)20-2)15-9-4-10-11(3-8(9)14)19-6-13(18)16-10/h3-4,7,12,15,17H,5-6,14H2,1-2H3,(H,16,18). The predicted octanol–water partition coefficient (Wildman–Crippen LogP) is 1.12. The van der Waals surface area contributed by atoms with Gasteiger partial charge in [0.2, 0.25) is 0 Å². The van der Waals surface area contributed by atoms with Crippen LogP contribution in [0.2, 0.25) is 0 Å². The topological polar surface area (TPSA) is 96.6 Å². The molecule has 1 aromatic carbocycles. The van der Waals surface area contributed by atoms with Crippen molar-refractivity contribution >= 4 is 34.7 Å². The number of benzene rings is 1. The van der Waals surface area contributed by atoms with Crippen LogP contribution in [0.25, 0.3) is 0 Å². The van der Waals surface area contributed by atoms with Crippen molar-refractivity contribution in [2.75, 3.05) is 35.8 Å². The Kier molecular flexibility index (Phi) is 4.61. The second kappa shape index (κ2) is 6.23. The van der Waals surface area contributed by atoms with Crippen molar-refractivity contribution in [2.24, 2.45) is 0 Å². The van der Waals surface area contributed by atoms with Gasteiger partial charge in [0.1, 0.15) is 5.75 Å². The monoisotopic (exact) mass is 297 g/mol. The molecular weight excluding hydrogens is 278 g/mol. The molecule has 2 atom stereocenters. The van der Waals surface area contributed by atoms with Crippen LogP contribution in [-0.4, -0.2) is 41.8 Å². The minimum atomic E-state index is -0.182. The summed E-state index contributed by atoms with van der Waals surface area (Å²) in [5, 5.41) is 15.4. The quantitative estimate of drug-likeness (QED) is 0.608. The van der Waals surface area contributed by atoms with Gasteiger partial charge in [-0.2, -0.15) is 11.8 Å². The summed E-state index contributed by atoms with van der Waals surface area (Å²) in [7, 11) is 0. The molecule has 0 fully saturated rings. The highest BCUT2D eigenvalue weighted by molar-refractivity contribution is 7.99. The average molecular weight is 297 g/mol. The number of thioether (sulfide) groups is 1. The van der Waals surface area contributed by atoms with Gasteiger partial charge in [0.25, 0.3) is 5.91 Å². The Morgan fingerprint density at radius 1 is 1.60 bits per heavy atom. The van der Waals surface area contributed by atoms with E-state index in [2.05, 4.69) is 10.6 Å². The molecule has 0 bridgehead atoms. The molecule has 0 saturated heterocycles. The highest BCUT2D eigenvalue weighted by atomic mass is 32.2. The van der Waals surface area contributed by atoms with E-state index in [1.165, 1.54) is 0 Å². The highest BCUT2D eigenvalue weighted by Crippen LogP contribution is 2.35. The molecule has 1 heterocycles. The SMILES string of the molecule is CSC(CO)C(C)Nc1cc2c(cc1N)OCC(=O)N2. The van der Waals surface area contributed by atoms with Crippen molar-refractivity contribution in [2.45, 2.75) is 18.2 Å². The first-order valence-corrected chi connectivity index (χ1v) is 7.60. The summed E-state index contributed by atoms with van der Waals surface area (Å²) in [5.41, 5.74) is 7.86. The van der Waals surface area contributed by atoms with Gasteiger partial charge >= 0.3 is 0 Å². The summed E-state index contributed by atoms with van der Waals surface area (Å²) in [5.74, 6) is 0.391. The lowest BCUT2D eigenvalue weighted by Crippen LogP contribution is -2.31. The Morgan fingerprint density at radius 3 is 3.00 bits per heavy atom. The first-order chi connectivity index (χ1) is 9.55. The normalized spacial score (nSPS) is 16.6. The summed E-state index contributed by atoms with van der Waals surface area (Å²) in [4.78, 5) is 11.3. The second-order valence-electron chi connectivity index (χ2n) is 4.66. The van der Waals surface area contributed by atoms with Gasteiger partial charge in [-0.1, -0.05) is 0 Å². The van der Waals surface area contributed by atoms with E-state index in [9.17, 15) is 9.90 Å². The summed E-state index contributed by atoms with van der Waals surface area (Å²) in [6.07, 6.45) is 1.95. The van der Waals surface area contributed by atoms with Crippen molar-refractivity contribution in [3.8, 4) is 5.75 Å². The lowest BCUT2D eigenvalue weighted by Gasteiger charge is -2.25. The maximum absolute atomic E-state index is 11.3. The molecular formula is C13H19N3O3S. The van der Waals surface area contributed by atoms with Gasteiger partial charge in [-0.15, -0.1) is 0 Å². The first kappa shape index (κ1) is 14.8. The molecule has 1 aromatic rings. The molecule has 0 saturated carbocycles. The maximum atomic E-state index is 11.3. The van der Waals surface area contributed by atoms with Crippen LogP contribution < -0.4 is 21.1 Å². The van der Waals surface area contributed by atoms with Crippen LogP contribution in [0.1, 0.15) is 6.92 Å². The molecule has 110 valence electrons. The zero-order valence-electron chi connectivity index (χ0n) is 11.5. The molecule has 0 aliphatic carbocycles. The molecule has 20 heavy (non-hydrogen) atoms. The number of hydrogen-bond donors (Lipinski definition) is 4. The third-order valence-corrected chi connectivity index (χ3v) is 4.37. The van der Waals surface area contributed by atoms with Crippen LogP contribution in [-0.2, 0) is 4.79 Å². The van der Waals surface area contributed by atoms with E-state index in [-0.39, 0.29) is 30.4 Å². The third kappa shape index (κ3) is 3.10. The van der Waals surface area contributed by atoms with E-state index in [1.54, 1.807) is 23.9 Å². The number of nitrogens with two attached hydrogens (primary N) is 1. The first-order valence-electron chi connectivity index (χ1n) is 6.31. The number of aliphatic hydroxyl groups excluding tert-OH is 1. The zero-order valence-corrected chi connectivity index (χ0v) is 12.3. The van der Waals surface area contributed by atoms with E-state index in [1.807, 2.05) is 13.2 Å². The van der Waals surface area contributed by atoms with Crippen molar-refractivity contribution in [3.05, 3.63) is 12.1 Å². The Hall–Kier alpha value is -1.60. The van der Waals surface area contributed by atoms with Crippen LogP contribution in [0, 0.1) is 0 Å². The second-order valence-corrected chi connectivity index (χ2v) is 5.74. The molecule has 0 radical (unpaired) electrons. The number of ether oxygens (including phenoxy) is 1. The summed E-state index contributed by atoms with van der Waals surface area (Å²) in [6.45, 7) is 2.07. The summed E-state index contributed by atoms with van der Waals surface area (Å²) < 4.78 is 5.30. The van der Waals surface area contributed by atoms with Gasteiger partial charge in [-0.25, -0.2) is 0 Å². The Bertz CT molecular complexity index is 506. The van der Waals surface area contributed by atoms with Gasteiger partial charge in [0.15, 0.2) is 6.61 Å². The van der Waals surface area contributed by atoms with Gasteiger partial charge in [0.05, 0.1) is 23.7 Å². The fourth-order valence-corrected chi connectivity index (χ4v) is 2.67. The van der Waals surface area contributed by atoms with Crippen molar-refractivity contribution < 1.29 is 14.6 Å². The minimum Gasteiger partial charge on any atom is -0.482 e. The van der Waals surface area contributed by atoms with Crippen molar-refractivity contribution in [1.82, 2.24) is 0 Å². The fourth-order valence-electron chi connectivity index (χ4n) is 2.04. The molecule has 1 aliphatic rings. The minimum absolute atomic E-state index is 0.00861. The number of nitrogen functional groups attached to an aromatic ring is 1. The molecule has 2 rings (SSSR count). The van der Waals surface area contributed by atoms with Gasteiger partial charge in [0, 0.05) is 17.4 Å².